The maximum atomic E-state index is 6.23. The van der Waals surface area contributed by atoms with Crippen LogP contribution in [0.25, 0.3) is 99.3 Å². The van der Waals surface area contributed by atoms with E-state index in [9.17, 15) is 0 Å². The molecular formula is C32H12. The van der Waals surface area contributed by atoms with Gasteiger partial charge in [-0.2, -0.15) is 0 Å². The topological polar surface area (TPSA) is 0 Å². The average molecular weight is 396 g/mol. The lowest BCUT2D eigenvalue weighted by molar-refractivity contribution is 1.71. The fourth-order valence-electron chi connectivity index (χ4n) is 6.46. The van der Waals surface area contributed by atoms with Gasteiger partial charge in [-0.05, 0) is 157 Å². The van der Waals surface area contributed by atoms with Crippen molar-refractivity contribution in [2.75, 3.05) is 0 Å². The van der Waals surface area contributed by atoms with Gasteiger partial charge < -0.3 is 0 Å². The quantitative estimate of drug-likeness (QED) is 0.196. The van der Waals surface area contributed by atoms with Crippen LogP contribution in [0.2, 0.25) is 0 Å². The summed E-state index contributed by atoms with van der Waals surface area (Å²) in [4.78, 5) is 0. The molecule has 4 radical (unpaired) electrons. The van der Waals surface area contributed by atoms with E-state index in [2.05, 4.69) is 73.3 Å². The SMILES string of the molecule is [CH]=c1[c]c2[c]c3[c]cc4cc5cc(=C)cc6cc7ccc8cc(c1)c2c1c3c4c(c56)c7c81. The van der Waals surface area contributed by atoms with E-state index in [-0.39, 0.29) is 0 Å². The summed E-state index contributed by atoms with van der Waals surface area (Å²) >= 11 is 0. The zero-order valence-electron chi connectivity index (χ0n) is 17.0. The van der Waals surface area contributed by atoms with Crippen LogP contribution in [0.4, 0.5) is 0 Å². The van der Waals surface area contributed by atoms with E-state index in [1.54, 1.807) is 0 Å². The van der Waals surface area contributed by atoms with Crippen molar-refractivity contribution in [3.8, 4) is 0 Å². The monoisotopic (exact) mass is 396 g/mol. The summed E-state index contributed by atoms with van der Waals surface area (Å²) in [6.07, 6.45) is 0. The molecule has 0 amide bonds. The van der Waals surface area contributed by atoms with Gasteiger partial charge in [0.2, 0.25) is 0 Å². The first kappa shape index (κ1) is 15.6. The first-order valence-electron chi connectivity index (χ1n) is 10.8. The molecule has 0 spiro atoms. The molecule has 0 atom stereocenters. The highest BCUT2D eigenvalue weighted by atomic mass is 14.3. The maximum Gasteiger partial charge on any atom is -0.0000246 e. The molecule has 140 valence electrons. The molecule has 0 heteroatoms. The van der Waals surface area contributed by atoms with Crippen LogP contribution in [-0.2, 0) is 0 Å². The Kier molecular flexibility index (Phi) is 2.29. The summed E-state index contributed by atoms with van der Waals surface area (Å²) in [6, 6.07) is 30.5. The molecule has 0 saturated carbocycles. The third-order valence-corrected chi connectivity index (χ3v) is 7.49. The van der Waals surface area contributed by atoms with Crippen molar-refractivity contribution in [3.63, 3.8) is 0 Å². The van der Waals surface area contributed by atoms with Crippen molar-refractivity contribution >= 4 is 99.3 Å². The first-order chi connectivity index (χ1) is 15.7. The van der Waals surface area contributed by atoms with Crippen molar-refractivity contribution in [1.82, 2.24) is 0 Å². The zero-order chi connectivity index (χ0) is 20.9. The molecule has 32 heavy (non-hydrogen) atoms. The summed E-state index contributed by atoms with van der Waals surface area (Å²) in [5, 5.41) is 21.5. The van der Waals surface area contributed by atoms with Crippen molar-refractivity contribution in [2.24, 2.45) is 0 Å². The van der Waals surface area contributed by atoms with E-state index < -0.39 is 0 Å². The fourth-order valence-corrected chi connectivity index (χ4v) is 6.46. The van der Waals surface area contributed by atoms with Crippen LogP contribution in [0, 0.1) is 18.2 Å². The van der Waals surface area contributed by atoms with Crippen molar-refractivity contribution < 1.29 is 0 Å². The predicted molar refractivity (Wildman–Crippen MR) is 137 cm³/mol. The molecule has 9 aromatic rings. The van der Waals surface area contributed by atoms with Crippen LogP contribution in [0.3, 0.4) is 0 Å². The molecular weight excluding hydrogens is 384 g/mol. The van der Waals surface area contributed by atoms with Gasteiger partial charge in [-0.15, -0.1) is 0 Å². The highest BCUT2D eigenvalue weighted by molar-refractivity contribution is 6.49. The molecule has 0 saturated heterocycles. The van der Waals surface area contributed by atoms with Crippen molar-refractivity contribution in [1.29, 1.82) is 0 Å². The van der Waals surface area contributed by atoms with Crippen molar-refractivity contribution in [2.45, 2.75) is 0 Å². The Labute approximate surface area is 182 Å². The van der Waals surface area contributed by atoms with Crippen LogP contribution in [0.15, 0.2) is 54.6 Å². The predicted octanol–water partition coefficient (Wildman–Crippen LogP) is 6.76. The van der Waals surface area contributed by atoms with E-state index in [1.165, 1.54) is 70.0 Å². The third kappa shape index (κ3) is 1.54. The van der Waals surface area contributed by atoms with Gasteiger partial charge >= 0.3 is 0 Å². The van der Waals surface area contributed by atoms with Crippen LogP contribution >= 0.6 is 0 Å². The Balaban J connectivity index is 1.83. The minimum atomic E-state index is 0.651. The molecule has 0 bridgehead atoms. The standard InChI is InChI=1S/C32H12/c1-15-7-21-11-17-3-5-19-13-23-9-16(2)10-24-14-20-6-4-18-12-22(8-15)25(21)31-27(17)29(19)32(26(23)24)30(20)28(18)31/h1,3,5-7,9-11,13-14H,2H2. The number of hydrogen-bond acceptors (Lipinski definition) is 0. The number of rotatable bonds is 0. The van der Waals surface area contributed by atoms with Crippen molar-refractivity contribution in [3.05, 3.63) is 83.2 Å². The lowest BCUT2D eigenvalue weighted by Gasteiger charge is -2.23. The smallest absolute Gasteiger partial charge is 0.0000246 e. The largest absolute Gasteiger partial charge is 0.0917 e. The Morgan fingerprint density at radius 1 is 0.531 bits per heavy atom. The van der Waals surface area contributed by atoms with E-state index in [4.69, 9.17) is 6.58 Å². The second kappa shape index (κ2) is 4.69. The van der Waals surface area contributed by atoms with E-state index >= 15 is 0 Å². The fraction of sp³-hybridized carbons (Fsp3) is 0. The van der Waals surface area contributed by atoms with Gasteiger partial charge in [-0.1, -0.05) is 25.3 Å². The second-order valence-corrected chi connectivity index (χ2v) is 9.25. The minimum absolute atomic E-state index is 0.651. The van der Waals surface area contributed by atoms with Crippen LogP contribution in [0.1, 0.15) is 0 Å². The summed E-state index contributed by atoms with van der Waals surface area (Å²) in [5.41, 5.74) is 0. The van der Waals surface area contributed by atoms with E-state index in [0.29, 0.717) is 5.22 Å². The number of benzene rings is 9. The van der Waals surface area contributed by atoms with Crippen LogP contribution < -0.4 is 10.4 Å². The summed E-state index contributed by atoms with van der Waals surface area (Å²) in [6.45, 7) is 10.5. The van der Waals surface area contributed by atoms with Gasteiger partial charge in [0.15, 0.2) is 0 Å². The molecule has 0 aliphatic carbocycles. The average Bonchev–Trinajstić information content (AvgIpc) is 2.77. The molecule has 9 aromatic carbocycles. The van der Waals surface area contributed by atoms with Crippen LogP contribution in [0.5, 0.6) is 0 Å². The molecule has 0 aromatic heterocycles. The summed E-state index contributed by atoms with van der Waals surface area (Å²) < 4.78 is 0. The summed E-state index contributed by atoms with van der Waals surface area (Å²) in [7, 11) is 0. The van der Waals surface area contributed by atoms with Gasteiger partial charge in [0.25, 0.3) is 0 Å². The Morgan fingerprint density at radius 2 is 1.16 bits per heavy atom. The van der Waals surface area contributed by atoms with Crippen LogP contribution in [-0.4, -0.2) is 0 Å². The Hall–Kier alpha value is -4.16. The van der Waals surface area contributed by atoms with Gasteiger partial charge in [-0.25, -0.2) is 0 Å². The molecule has 9 rings (SSSR count). The maximum absolute atomic E-state index is 6.23. The second-order valence-electron chi connectivity index (χ2n) is 9.25. The molecule has 0 aliphatic heterocycles. The highest BCUT2D eigenvalue weighted by Gasteiger charge is 2.23. The lowest BCUT2D eigenvalue weighted by atomic mass is 9.79. The molecule has 0 heterocycles. The Morgan fingerprint density at radius 3 is 1.91 bits per heavy atom. The molecule has 0 nitrogen and oxygen atoms in total. The van der Waals surface area contributed by atoms with E-state index in [0.717, 1.165) is 21.4 Å². The summed E-state index contributed by atoms with van der Waals surface area (Å²) in [5.74, 6) is 0. The third-order valence-electron chi connectivity index (χ3n) is 7.49. The normalized spacial score (nSPS) is 13.2. The Bertz CT molecular complexity index is 2000. The first-order valence-corrected chi connectivity index (χ1v) is 10.8. The van der Waals surface area contributed by atoms with E-state index in [1.807, 2.05) is 6.07 Å². The molecule has 0 aliphatic rings. The lowest BCUT2D eigenvalue weighted by Crippen LogP contribution is -2.01. The van der Waals surface area contributed by atoms with Gasteiger partial charge in [0, 0.05) is 0 Å². The van der Waals surface area contributed by atoms with Gasteiger partial charge in [0.1, 0.15) is 0 Å². The zero-order valence-corrected chi connectivity index (χ0v) is 17.0. The van der Waals surface area contributed by atoms with Gasteiger partial charge in [-0.3, -0.25) is 0 Å². The highest BCUT2D eigenvalue weighted by Crippen LogP contribution is 2.51. The minimum Gasteiger partial charge on any atom is -0.0917 e. The van der Waals surface area contributed by atoms with Gasteiger partial charge in [0.05, 0.1) is 0 Å². The molecule has 0 fully saturated rings. The molecule has 0 N–H and O–H groups in total. The molecule has 0 unspecified atom stereocenters. The number of hydrogen-bond donors (Lipinski definition) is 0.